The Balaban J connectivity index is 1.66. The maximum absolute atomic E-state index is 12.2. The number of nitrogens with zero attached hydrogens (tertiary/aromatic N) is 1. The van der Waals surface area contributed by atoms with Gasteiger partial charge in [-0.1, -0.05) is 24.6 Å². The summed E-state index contributed by atoms with van der Waals surface area (Å²) in [6, 6.07) is 8.17. The van der Waals surface area contributed by atoms with Gasteiger partial charge in [0.05, 0.1) is 13.2 Å². The lowest BCUT2D eigenvalue weighted by Gasteiger charge is -2.27. The summed E-state index contributed by atoms with van der Waals surface area (Å²) in [7, 11) is 0. The van der Waals surface area contributed by atoms with Crippen molar-refractivity contribution in [1.29, 1.82) is 0 Å². The third kappa shape index (κ3) is 3.04. The first-order chi connectivity index (χ1) is 9.33. The molecule has 0 N–H and O–H groups in total. The highest BCUT2D eigenvalue weighted by Crippen LogP contribution is 2.30. The maximum atomic E-state index is 12.2. The van der Waals surface area contributed by atoms with Gasteiger partial charge in [-0.2, -0.15) is 0 Å². The van der Waals surface area contributed by atoms with Gasteiger partial charge in [0.2, 0.25) is 0 Å². The Morgan fingerprint density at radius 3 is 2.74 bits per heavy atom. The van der Waals surface area contributed by atoms with Crippen LogP contribution in [-0.2, 0) is 11.3 Å². The van der Waals surface area contributed by atoms with Crippen LogP contribution in [0.2, 0.25) is 0 Å². The Kier molecular flexibility index (Phi) is 3.95. The van der Waals surface area contributed by atoms with Crippen molar-refractivity contribution in [3.8, 4) is 0 Å². The molecular weight excluding hydrogens is 238 g/mol. The number of benzene rings is 1. The molecule has 1 aromatic rings. The van der Waals surface area contributed by atoms with Crippen molar-refractivity contribution >= 4 is 5.78 Å². The number of carbonyl (C=O) groups is 1. The molecule has 0 radical (unpaired) electrons. The van der Waals surface area contributed by atoms with Crippen LogP contribution in [0.1, 0.15) is 35.2 Å². The minimum atomic E-state index is 0.290. The van der Waals surface area contributed by atoms with E-state index in [1.54, 1.807) is 0 Å². The second-order valence-electron chi connectivity index (χ2n) is 5.58. The molecule has 0 bridgehead atoms. The molecule has 3 heteroatoms. The van der Waals surface area contributed by atoms with Gasteiger partial charge in [-0.15, -0.1) is 0 Å². The number of ketones is 1. The molecule has 2 aliphatic rings. The summed E-state index contributed by atoms with van der Waals surface area (Å²) in [5.41, 5.74) is 2.14. The summed E-state index contributed by atoms with van der Waals surface area (Å²) in [5.74, 6) is 0.633. The van der Waals surface area contributed by atoms with Crippen molar-refractivity contribution in [2.75, 3.05) is 26.3 Å². The first-order valence-corrected chi connectivity index (χ1v) is 7.26. The van der Waals surface area contributed by atoms with Gasteiger partial charge in [0.15, 0.2) is 5.78 Å². The van der Waals surface area contributed by atoms with E-state index in [0.717, 1.165) is 51.3 Å². The average Bonchev–Trinajstić information content (AvgIpc) is 2.38. The maximum Gasteiger partial charge on any atom is 0.165 e. The molecule has 1 saturated carbocycles. The molecule has 0 aromatic heterocycles. The molecule has 1 heterocycles. The standard InChI is InChI=1S/C16H21NO2/c18-16(14-4-2-5-14)15-6-1-3-13(11-15)12-17-7-9-19-10-8-17/h1,3,6,11,14H,2,4-5,7-10,12H2. The van der Waals surface area contributed by atoms with Crippen LogP contribution >= 0.6 is 0 Å². The van der Waals surface area contributed by atoms with E-state index in [-0.39, 0.29) is 0 Å². The van der Waals surface area contributed by atoms with Gasteiger partial charge >= 0.3 is 0 Å². The average molecular weight is 259 g/mol. The third-order valence-electron chi connectivity index (χ3n) is 4.20. The lowest BCUT2D eigenvalue weighted by molar-refractivity contribution is 0.0341. The number of morpholine rings is 1. The summed E-state index contributed by atoms with van der Waals surface area (Å²) >= 11 is 0. The zero-order valence-corrected chi connectivity index (χ0v) is 11.3. The lowest BCUT2D eigenvalue weighted by Crippen LogP contribution is -2.35. The first kappa shape index (κ1) is 12.8. The van der Waals surface area contributed by atoms with E-state index in [1.165, 1.54) is 12.0 Å². The molecule has 1 aromatic carbocycles. The molecule has 19 heavy (non-hydrogen) atoms. The summed E-state index contributed by atoms with van der Waals surface area (Å²) < 4.78 is 5.36. The fourth-order valence-electron chi connectivity index (χ4n) is 2.75. The lowest BCUT2D eigenvalue weighted by atomic mass is 9.80. The van der Waals surface area contributed by atoms with Crippen LogP contribution in [0, 0.1) is 5.92 Å². The molecule has 2 fully saturated rings. The summed E-state index contributed by atoms with van der Waals surface area (Å²) in [4.78, 5) is 14.6. The van der Waals surface area contributed by atoms with Gasteiger partial charge in [0.25, 0.3) is 0 Å². The normalized spacial score (nSPS) is 21.1. The molecule has 1 aliphatic carbocycles. The van der Waals surface area contributed by atoms with Gasteiger partial charge in [0.1, 0.15) is 0 Å². The minimum absolute atomic E-state index is 0.290. The van der Waals surface area contributed by atoms with Crippen molar-refractivity contribution in [2.45, 2.75) is 25.8 Å². The van der Waals surface area contributed by atoms with E-state index in [2.05, 4.69) is 17.0 Å². The second kappa shape index (κ2) is 5.85. The van der Waals surface area contributed by atoms with Crippen LogP contribution in [-0.4, -0.2) is 37.0 Å². The smallest absolute Gasteiger partial charge is 0.165 e. The van der Waals surface area contributed by atoms with Crippen LogP contribution < -0.4 is 0 Å². The predicted octanol–water partition coefficient (Wildman–Crippen LogP) is 2.50. The molecule has 0 spiro atoms. The van der Waals surface area contributed by atoms with Crippen LogP contribution in [0.4, 0.5) is 0 Å². The first-order valence-electron chi connectivity index (χ1n) is 7.26. The second-order valence-corrected chi connectivity index (χ2v) is 5.58. The molecule has 0 atom stereocenters. The topological polar surface area (TPSA) is 29.5 Å². The van der Waals surface area contributed by atoms with Gasteiger partial charge in [0, 0.05) is 31.1 Å². The van der Waals surface area contributed by atoms with E-state index >= 15 is 0 Å². The van der Waals surface area contributed by atoms with E-state index in [4.69, 9.17) is 4.74 Å². The number of Topliss-reactive ketones (excluding diaryl/α,β-unsaturated/α-hetero) is 1. The molecule has 0 amide bonds. The SMILES string of the molecule is O=C(c1cccc(CN2CCOCC2)c1)C1CCC1. The molecule has 1 aliphatic heterocycles. The monoisotopic (exact) mass is 259 g/mol. The van der Waals surface area contributed by atoms with Crippen LogP contribution in [0.5, 0.6) is 0 Å². The Morgan fingerprint density at radius 1 is 1.26 bits per heavy atom. The number of hydrogen-bond acceptors (Lipinski definition) is 3. The highest BCUT2D eigenvalue weighted by molar-refractivity contribution is 5.98. The summed E-state index contributed by atoms with van der Waals surface area (Å²) in [5, 5.41) is 0. The van der Waals surface area contributed by atoms with E-state index in [0.29, 0.717) is 11.7 Å². The predicted molar refractivity (Wildman–Crippen MR) is 74.2 cm³/mol. The van der Waals surface area contributed by atoms with Gasteiger partial charge in [-0.3, -0.25) is 9.69 Å². The highest BCUT2D eigenvalue weighted by Gasteiger charge is 2.26. The van der Waals surface area contributed by atoms with Gasteiger partial charge in [-0.25, -0.2) is 0 Å². The third-order valence-corrected chi connectivity index (χ3v) is 4.20. The Labute approximate surface area is 114 Å². The molecular formula is C16H21NO2. The zero-order valence-electron chi connectivity index (χ0n) is 11.3. The number of ether oxygens (including phenoxy) is 1. The molecule has 3 rings (SSSR count). The Morgan fingerprint density at radius 2 is 2.05 bits per heavy atom. The number of rotatable bonds is 4. The molecule has 3 nitrogen and oxygen atoms in total. The van der Waals surface area contributed by atoms with Crippen molar-refractivity contribution in [3.63, 3.8) is 0 Å². The Hall–Kier alpha value is -1.19. The largest absolute Gasteiger partial charge is 0.379 e. The summed E-state index contributed by atoms with van der Waals surface area (Å²) in [6.45, 7) is 4.54. The summed E-state index contributed by atoms with van der Waals surface area (Å²) in [6.07, 6.45) is 3.36. The molecule has 1 saturated heterocycles. The Bertz CT molecular complexity index is 448. The molecule has 102 valence electrons. The molecule has 0 unspecified atom stereocenters. The van der Waals surface area contributed by atoms with Crippen LogP contribution in [0.15, 0.2) is 24.3 Å². The van der Waals surface area contributed by atoms with E-state index in [1.807, 2.05) is 12.1 Å². The minimum Gasteiger partial charge on any atom is -0.379 e. The van der Waals surface area contributed by atoms with E-state index in [9.17, 15) is 4.79 Å². The zero-order chi connectivity index (χ0) is 13.1. The van der Waals surface area contributed by atoms with Crippen molar-refractivity contribution < 1.29 is 9.53 Å². The van der Waals surface area contributed by atoms with Crippen LogP contribution in [0.25, 0.3) is 0 Å². The van der Waals surface area contributed by atoms with Gasteiger partial charge in [-0.05, 0) is 24.5 Å². The fraction of sp³-hybridized carbons (Fsp3) is 0.562. The van der Waals surface area contributed by atoms with Crippen molar-refractivity contribution in [2.24, 2.45) is 5.92 Å². The quantitative estimate of drug-likeness (QED) is 0.778. The van der Waals surface area contributed by atoms with Crippen molar-refractivity contribution in [3.05, 3.63) is 35.4 Å². The number of hydrogen-bond donors (Lipinski definition) is 0. The fourth-order valence-corrected chi connectivity index (χ4v) is 2.75. The van der Waals surface area contributed by atoms with E-state index < -0.39 is 0 Å². The number of carbonyl (C=O) groups excluding carboxylic acids is 1. The van der Waals surface area contributed by atoms with Crippen molar-refractivity contribution in [1.82, 2.24) is 4.90 Å². The van der Waals surface area contributed by atoms with Gasteiger partial charge < -0.3 is 4.74 Å². The van der Waals surface area contributed by atoms with Crippen LogP contribution in [0.3, 0.4) is 0 Å². The highest BCUT2D eigenvalue weighted by atomic mass is 16.5.